The summed E-state index contributed by atoms with van der Waals surface area (Å²) in [5, 5.41) is 0. The van der Waals surface area contributed by atoms with Gasteiger partial charge in [0.2, 0.25) is 0 Å². The summed E-state index contributed by atoms with van der Waals surface area (Å²) in [6, 6.07) is 10.0. The Morgan fingerprint density at radius 1 is 1.35 bits per heavy atom. The number of methoxy groups -OCH3 is 1. The van der Waals surface area contributed by atoms with Gasteiger partial charge in [-0.05, 0) is 5.56 Å². The summed E-state index contributed by atoms with van der Waals surface area (Å²) >= 11 is 5.38. The molecule has 2 heterocycles. The van der Waals surface area contributed by atoms with Gasteiger partial charge < -0.3 is 14.5 Å². The summed E-state index contributed by atoms with van der Waals surface area (Å²) in [5.41, 5.74) is 3.17. The van der Waals surface area contributed by atoms with E-state index in [1.54, 1.807) is 7.11 Å². The molecular weight excluding hydrogens is 272 g/mol. The van der Waals surface area contributed by atoms with E-state index in [4.69, 9.17) is 21.7 Å². The topological polar surface area (TPSA) is 47.1 Å². The van der Waals surface area contributed by atoms with Crippen molar-refractivity contribution >= 4 is 12.2 Å². The van der Waals surface area contributed by atoms with Crippen LogP contribution < -0.4 is 0 Å². The van der Waals surface area contributed by atoms with Crippen LogP contribution in [0, 0.1) is 4.64 Å². The number of H-pyrrole nitrogens is 1. The van der Waals surface area contributed by atoms with Crippen LogP contribution in [0.5, 0.6) is 0 Å². The molecule has 0 fully saturated rings. The summed E-state index contributed by atoms with van der Waals surface area (Å²) in [6.45, 7) is 1.26. The quantitative estimate of drug-likeness (QED) is 0.882. The first-order valence-corrected chi connectivity index (χ1v) is 6.98. The molecule has 0 saturated heterocycles. The largest absolute Gasteiger partial charge is 0.376 e. The lowest BCUT2D eigenvalue weighted by Gasteiger charge is -2.20. The second kappa shape index (κ2) is 5.83. The number of hydrogen-bond acceptors (Lipinski definition) is 4. The first-order valence-electron chi connectivity index (χ1n) is 6.57. The molecule has 0 spiro atoms. The molecular formula is C15H16N2O2S. The Bertz CT molecular complexity index is 655. The average molecular weight is 288 g/mol. The Morgan fingerprint density at radius 3 is 2.90 bits per heavy atom. The van der Waals surface area contributed by atoms with Crippen LogP contribution in [0.25, 0.3) is 0 Å². The fourth-order valence-electron chi connectivity index (χ4n) is 2.43. The number of ether oxygens (including phenoxy) is 2. The minimum atomic E-state index is -0.231. The third-order valence-electron chi connectivity index (χ3n) is 3.45. The van der Waals surface area contributed by atoms with E-state index in [2.05, 4.69) is 9.97 Å². The van der Waals surface area contributed by atoms with Crippen molar-refractivity contribution < 1.29 is 9.47 Å². The van der Waals surface area contributed by atoms with Crippen molar-refractivity contribution in [3.8, 4) is 0 Å². The minimum absolute atomic E-state index is 0.231. The van der Waals surface area contributed by atoms with Gasteiger partial charge in [0.1, 0.15) is 16.6 Å². The van der Waals surface area contributed by atoms with E-state index in [9.17, 15) is 0 Å². The number of hydrogen-bond donors (Lipinski definition) is 1. The van der Waals surface area contributed by atoms with Crippen LogP contribution in [-0.4, -0.2) is 23.7 Å². The van der Waals surface area contributed by atoms with Gasteiger partial charge in [-0.3, -0.25) is 0 Å². The number of fused-ring (bicyclic) bond motifs is 1. The van der Waals surface area contributed by atoms with Gasteiger partial charge in [0.25, 0.3) is 0 Å². The fourth-order valence-corrected chi connectivity index (χ4v) is 2.71. The molecule has 3 rings (SSSR count). The monoisotopic (exact) mass is 288 g/mol. The van der Waals surface area contributed by atoms with Crippen molar-refractivity contribution in [2.45, 2.75) is 19.1 Å². The molecule has 2 aromatic rings. The number of rotatable bonds is 3. The van der Waals surface area contributed by atoms with Gasteiger partial charge in [-0.1, -0.05) is 42.5 Å². The second-order valence-corrected chi connectivity index (χ2v) is 5.10. The molecule has 1 aliphatic heterocycles. The van der Waals surface area contributed by atoms with Crippen LogP contribution in [0.2, 0.25) is 0 Å². The van der Waals surface area contributed by atoms with Crippen molar-refractivity contribution in [1.29, 1.82) is 0 Å². The van der Waals surface area contributed by atoms with E-state index >= 15 is 0 Å². The Balaban J connectivity index is 2.05. The molecule has 5 heteroatoms. The molecule has 0 amide bonds. The number of aromatic amines is 1. The van der Waals surface area contributed by atoms with Crippen LogP contribution in [0.15, 0.2) is 30.3 Å². The van der Waals surface area contributed by atoms with Crippen molar-refractivity contribution in [2.24, 2.45) is 0 Å². The van der Waals surface area contributed by atoms with E-state index in [1.807, 2.05) is 30.3 Å². The molecule has 1 atom stereocenters. The van der Waals surface area contributed by atoms with Crippen molar-refractivity contribution in [3.05, 3.63) is 57.6 Å². The molecule has 1 aliphatic rings. The lowest BCUT2D eigenvalue weighted by atomic mass is 10.1. The molecule has 1 aromatic carbocycles. The highest BCUT2D eigenvalue weighted by Crippen LogP contribution is 2.24. The Kier molecular flexibility index (Phi) is 3.91. The first kappa shape index (κ1) is 13.4. The molecule has 1 N–H and O–H groups in total. The van der Waals surface area contributed by atoms with Crippen LogP contribution in [0.1, 0.15) is 28.7 Å². The smallest absolute Gasteiger partial charge is 0.141 e. The van der Waals surface area contributed by atoms with Crippen molar-refractivity contribution in [3.63, 3.8) is 0 Å². The highest BCUT2D eigenvalue weighted by Gasteiger charge is 2.19. The zero-order valence-electron chi connectivity index (χ0n) is 11.3. The molecule has 0 saturated carbocycles. The number of benzene rings is 1. The SMILES string of the molecule is COC(c1ccccc1)c1nc(=S)c2c([nH]1)CCOC2. The maximum absolute atomic E-state index is 5.60. The average Bonchev–Trinajstić information content (AvgIpc) is 2.49. The van der Waals surface area contributed by atoms with Crippen molar-refractivity contribution in [1.82, 2.24) is 9.97 Å². The summed E-state index contributed by atoms with van der Waals surface area (Å²) in [4.78, 5) is 7.86. The number of nitrogens with zero attached hydrogens (tertiary/aromatic N) is 1. The third kappa shape index (κ3) is 2.52. The lowest BCUT2D eigenvalue weighted by molar-refractivity contribution is 0.105. The van der Waals surface area contributed by atoms with E-state index < -0.39 is 0 Å². The van der Waals surface area contributed by atoms with Gasteiger partial charge in [0.05, 0.1) is 13.2 Å². The zero-order valence-corrected chi connectivity index (χ0v) is 12.1. The van der Waals surface area contributed by atoms with Crippen molar-refractivity contribution in [2.75, 3.05) is 13.7 Å². The minimum Gasteiger partial charge on any atom is -0.376 e. The van der Waals surface area contributed by atoms with Gasteiger partial charge in [-0.25, -0.2) is 4.98 Å². The molecule has 0 radical (unpaired) electrons. The summed E-state index contributed by atoms with van der Waals surface area (Å²) < 4.78 is 11.6. The van der Waals surface area contributed by atoms with Gasteiger partial charge in [0.15, 0.2) is 0 Å². The van der Waals surface area contributed by atoms with Gasteiger partial charge >= 0.3 is 0 Å². The van der Waals surface area contributed by atoms with Gasteiger partial charge in [0, 0.05) is 24.8 Å². The summed E-state index contributed by atoms with van der Waals surface area (Å²) in [6.07, 6.45) is 0.603. The molecule has 0 aliphatic carbocycles. The maximum Gasteiger partial charge on any atom is 0.141 e. The third-order valence-corrected chi connectivity index (χ3v) is 3.79. The summed E-state index contributed by atoms with van der Waals surface area (Å²) in [5.74, 6) is 0.754. The normalized spacial score (nSPS) is 15.7. The highest BCUT2D eigenvalue weighted by atomic mass is 32.1. The number of aromatic nitrogens is 2. The van der Waals surface area contributed by atoms with Gasteiger partial charge in [-0.2, -0.15) is 0 Å². The highest BCUT2D eigenvalue weighted by molar-refractivity contribution is 7.71. The molecule has 1 aromatic heterocycles. The molecule has 0 bridgehead atoms. The van der Waals surface area contributed by atoms with E-state index in [0.29, 0.717) is 17.9 Å². The zero-order chi connectivity index (χ0) is 13.9. The Hall–Kier alpha value is -1.56. The summed E-state index contributed by atoms with van der Waals surface area (Å²) in [7, 11) is 1.68. The lowest BCUT2D eigenvalue weighted by Crippen LogP contribution is -2.17. The molecule has 1 unspecified atom stereocenters. The van der Waals surface area contributed by atoms with Crippen LogP contribution in [0.3, 0.4) is 0 Å². The Morgan fingerprint density at radius 2 is 2.15 bits per heavy atom. The van der Waals surface area contributed by atoms with Crippen LogP contribution in [-0.2, 0) is 22.5 Å². The standard InChI is InChI=1S/C15H16N2O2S/c1-18-13(10-5-3-2-4-6-10)14-16-12-7-8-19-9-11(12)15(20)17-14/h2-6,13H,7-9H2,1H3,(H,16,17,20). The van der Waals surface area contributed by atoms with E-state index in [0.717, 1.165) is 29.1 Å². The van der Waals surface area contributed by atoms with E-state index in [1.165, 1.54) is 0 Å². The molecule has 104 valence electrons. The predicted octanol–water partition coefficient (Wildman–Crippen LogP) is 2.95. The van der Waals surface area contributed by atoms with E-state index in [-0.39, 0.29) is 6.10 Å². The Labute approximate surface area is 122 Å². The second-order valence-electron chi connectivity index (χ2n) is 4.71. The number of nitrogens with one attached hydrogen (secondary N) is 1. The first-order chi connectivity index (χ1) is 9.79. The van der Waals surface area contributed by atoms with Crippen LogP contribution >= 0.6 is 12.2 Å². The molecule has 20 heavy (non-hydrogen) atoms. The maximum atomic E-state index is 5.60. The predicted molar refractivity (Wildman–Crippen MR) is 78.1 cm³/mol. The van der Waals surface area contributed by atoms with Gasteiger partial charge in [-0.15, -0.1) is 0 Å². The fraction of sp³-hybridized carbons (Fsp3) is 0.333. The molecule has 4 nitrogen and oxygen atoms in total. The van der Waals surface area contributed by atoms with Crippen LogP contribution in [0.4, 0.5) is 0 Å².